The van der Waals surface area contributed by atoms with E-state index < -0.39 is 163 Å². The van der Waals surface area contributed by atoms with Crippen molar-refractivity contribution in [3.05, 3.63) is 86.0 Å². The first-order chi connectivity index (χ1) is 49.4. The van der Waals surface area contributed by atoms with E-state index in [2.05, 4.69) is 54.2 Å². The average molecular weight is 1600 g/mol. The number of piperidine rings is 2. The van der Waals surface area contributed by atoms with Crippen LogP contribution in [0.1, 0.15) is 144 Å². The van der Waals surface area contributed by atoms with Crippen LogP contribution in [0, 0.1) is 68.0 Å². The number of nitrogens with one attached hydrogen (secondary N) is 7. The molecule has 0 radical (unpaired) electrons. The molecule has 2 saturated heterocycles. The molecular formula is C75H116N12O18S4. The second-order valence-electron chi connectivity index (χ2n) is 36.3. The lowest BCUT2D eigenvalue weighted by molar-refractivity contribution is -0.144. The van der Waals surface area contributed by atoms with Gasteiger partial charge < -0.3 is 41.1 Å². The molecule has 2 aliphatic heterocycles. The molecule has 9 amide bonds. The highest BCUT2D eigenvalue weighted by molar-refractivity contribution is 7.90. The van der Waals surface area contributed by atoms with Crippen LogP contribution in [-0.2, 0) is 78.4 Å². The Hall–Kier alpha value is -7.62. The summed E-state index contributed by atoms with van der Waals surface area (Å²) in [4.78, 5) is 127. The number of amides is 9. The minimum absolute atomic E-state index is 0.00434. The van der Waals surface area contributed by atoms with E-state index in [0.29, 0.717) is 6.54 Å². The SMILES string of the molecule is C=CC1C[C@]1(NC(=O)[C@@H]1[C@@H]2[C@H](CN1C(=O)[C@@H](NC(=O)N[C@H](CN(C)S(C)(=O)=O)C(C)(C)C)C(C)(C)C)C2(C)C)C(=O)NS(=O)(=O)c1ccccc1.C=CC1C[C@]1(NC(=O)[C@@H]1[C@@H]2[C@H](CN1C(=O)[C@@H](NC(=O)OC(C)(C)C)C(C)(C)C)C2(C)C)C(=O)NS(=O)(=O)c1ccccc1.CN(C[C@@H](N=C=O)C(C)(C)C)S(C)(=O)=O. The molecule has 4 aliphatic carbocycles. The average Bonchev–Trinajstić information content (AvgIpc) is 1.52. The Kier molecular flexibility index (Phi) is 26.4. The summed E-state index contributed by atoms with van der Waals surface area (Å²) in [5, 5.41) is 14.0. The highest BCUT2D eigenvalue weighted by Crippen LogP contribution is 2.66. The van der Waals surface area contributed by atoms with E-state index >= 15 is 0 Å². The maximum Gasteiger partial charge on any atom is 0.408 e. The van der Waals surface area contributed by atoms with Gasteiger partial charge in [0.2, 0.25) is 49.8 Å². The molecule has 30 nitrogen and oxygen atoms in total. The zero-order chi connectivity index (χ0) is 83.3. The van der Waals surface area contributed by atoms with Gasteiger partial charge in [0.05, 0.1) is 28.3 Å². The minimum atomic E-state index is -4.23. The molecule has 7 N–H and O–H groups in total. The van der Waals surface area contributed by atoms with Gasteiger partial charge in [-0.3, -0.25) is 28.8 Å². The van der Waals surface area contributed by atoms with Gasteiger partial charge in [-0.1, -0.05) is 159 Å². The number of nitrogens with zero attached hydrogens (tertiary/aromatic N) is 5. The minimum Gasteiger partial charge on any atom is -0.444 e. The molecule has 2 aromatic rings. The zero-order valence-corrected chi connectivity index (χ0v) is 70.5. The van der Waals surface area contributed by atoms with Gasteiger partial charge in [0.1, 0.15) is 40.8 Å². The number of benzene rings is 2. The molecule has 0 aromatic heterocycles. The third kappa shape index (κ3) is 21.1. The fourth-order valence-corrected chi connectivity index (χ4v) is 17.2. The van der Waals surface area contributed by atoms with Crippen molar-refractivity contribution in [1.82, 2.24) is 54.4 Å². The number of carbonyl (C=O) groups is 8. The summed E-state index contributed by atoms with van der Waals surface area (Å²) in [7, 11) is -12.3. The van der Waals surface area contributed by atoms with E-state index in [-0.39, 0.29) is 88.2 Å². The molecule has 6 aliphatic rings. The molecule has 6 fully saturated rings. The van der Waals surface area contributed by atoms with Crippen molar-refractivity contribution in [1.29, 1.82) is 0 Å². The molecule has 8 rings (SSSR count). The Morgan fingerprint density at radius 2 is 0.917 bits per heavy atom. The Morgan fingerprint density at radius 1 is 0.560 bits per heavy atom. The number of fused-ring (bicyclic) bond motifs is 2. The summed E-state index contributed by atoms with van der Waals surface area (Å²) < 4.78 is 110. The van der Waals surface area contributed by atoms with Crippen LogP contribution in [0.5, 0.6) is 0 Å². The highest BCUT2D eigenvalue weighted by atomic mass is 32.2. The Balaban J connectivity index is 0.000000289. The number of likely N-dealkylation sites (tertiary alicyclic amines) is 2. The highest BCUT2D eigenvalue weighted by Gasteiger charge is 2.73. The van der Waals surface area contributed by atoms with Crippen LogP contribution in [0.4, 0.5) is 9.59 Å². The summed E-state index contributed by atoms with van der Waals surface area (Å²) in [6.45, 7) is 43.6. The van der Waals surface area contributed by atoms with E-state index in [9.17, 15) is 76.8 Å². The number of hydrogen-bond donors (Lipinski definition) is 7. The van der Waals surface area contributed by atoms with E-state index in [1.807, 2.05) is 90.0 Å². The fraction of sp³-hybridized carbons (Fsp3) is 0.667. The number of hydrogen-bond acceptors (Lipinski definition) is 19. The third-order valence-electron chi connectivity index (χ3n) is 21.9. The maximum atomic E-state index is 14.4. The van der Waals surface area contributed by atoms with Crippen LogP contribution < -0.4 is 36.0 Å². The number of rotatable bonds is 24. The molecular weight excluding hydrogens is 1490 g/mol. The van der Waals surface area contributed by atoms with Crippen LogP contribution >= 0.6 is 0 Å². The van der Waals surface area contributed by atoms with Gasteiger partial charge in [0, 0.05) is 58.2 Å². The first-order valence-corrected chi connectivity index (χ1v) is 42.8. The summed E-state index contributed by atoms with van der Waals surface area (Å²) in [5.41, 5.74) is -6.70. The number of likely N-dealkylation sites (N-methyl/N-ethyl adjacent to an activating group) is 2. The molecule has 34 heteroatoms. The van der Waals surface area contributed by atoms with Crippen LogP contribution in [0.25, 0.3) is 0 Å². The second kappa shape index (κ2) is 31.9. The topological polar surface area (TPSA) is 409 Å². The number of urea groups is 1. The van der Waals surface area contributed by atoms with Crippen molar-refractivity contribution in [2.45, 2.75) is 207 Å². The van der Waals surface area contributed by atoms with Crippen molar-refractivity contribution in [3.8, 4) is 0 Å². The van der Waals surface area contributed by atoms with E-state index in [1.54, 1.807) is 65.8 Å². The van der Waals surface area contributed by atoms with Crippen LogP contribution in [-0.4, -0.2) is 211 Å². The van der Waals surface area contributed by atoms with Gasteiger partial charge in [-0.05, 0) is 114 Å². The summed E-state index contributed by atoms with van der Waals surface area (Å²) in [6, 6.07) is 9.26. The molecule has 4 saturated carbocycles. The Morgan fingerprint density at radius 3 is 1.22 bits per heavy atom. The summed E-state index contributed by atoms with van der Waals surface area (Å²) in [6.07, 6.45) is 6.25. The fourth-order valence-electron chi connectivity index (χ4n) is 14.3. The van der Waals surface area contributed by atoms with Gasteiger partial charge in [0.15, 0.2) is 0 Å². The lowest BCUT2D eigenvalue weighted by Gasteiger charge is -2.39. The first-order valence-electron chi connectivity index (χ1n) is 36.1. The molecule has 0 bridgehead atoms. The van der Waals surface area contributed by atoms with E-state index in [0.717, 1.165) is 16.8 Å². The third-order valence-corrected chi connectivity index (χ3v) is 27.2. The lowest BCUT2D eigenvalue weighted by atomic mass is 9.85. The van der Waals surface area contributed by atoms with Gasteiger partial charge in [-0.2, -0.15) is 0 Å². The van der Waals surface area contributed by atoms with Crippen LogP contribution in [0.15, 0.2) is 101 Å². The van der Waals surface area contributed by atoms with Gasteiger partial charge >= 0.3 is 12.1 Å². The number of sulfonamides is 4. The monoisotopic (exact) mass is 1600 g/mol. The van der Waals surface area contributed by atoms with Gasteiger partial charge in [-0.25, -0.2) is 71.1 Å². The zero-order valence-electron chi connectivity index (χ0n) is 67.2. The summed E-state index contributed by atoms with van der Waals surface area (Å²) in [5.74, 6) is -5.21. The number of carbonyl (C=O) groups excluding carboxylic acids is 9. The Labute approximate surface area is 644 Å². The molecule has 0 spiro atoms. The summed E-state index contributed by atoms with van der Waals surface area (Å²) >= 11 is 0. The normalized spacial score (nSPS) is 25.6. The maximum absolute atomic E-state index is 14.4. The predicted molar refractivity (Wildman–Crippen MR) is 411 cm³/mol. The number of alkyl carbamates (subject to hydrolysis) is 1. The van der Waals surface area contributed by atoms with Gasteiger partial charge in [-0.15, -0.1) is 13.2 Å². The lowest BCUT2D eigenvalue weighted by Crippen LogP contribution is -2.63. The molecule has 2 heterocycles. The first kappa shape index (κ1) is 90.3. The van der Waals surface area contributed by atoms with Crippen LogP contribution in [0.2, 0.25) is 0 Å². The van der Waals surface area contributed by atoms with E-state index in [1.165, 1.54) is 82.8 Å². The quantitative estimate of drug-likeness (QED) is 0.0379. The molecule has 2 aromatic carbocycles. The van der Waals surface area contributed by atoms with Crippen molar-refractivity contribution >= 4 is 93.7 Å². The predicted octanol–water partition coefficient (Wildman–Crippen LogP) is 5.66. The van der Waals surface area contributed by atoms with Crippen molar-refractivity contribution in [2.24, 2.45) is 73.0 Å². The smallest absolute Gasteiger partial charge is 0.408 e. The molecule has 2 unspecified atom stereocenters. The number of isocyanates is 1. The van der Waals surface area contributed by atoms with Crippen molar-refractivity contribution in [2.75, 3.05) is 52.8 Å². The van der Waals surface area contributed by atoms with Crippen LogP contribution in [0.3, 0.4) is 0 Å². The van der Waals surface area contributed by atoms with Crippen molar-refractivity contribution in [3.63, 3.8) is 0 Å². The van der Waals surface area contributed by atoms with E-state index in [4.69, 9.17) is 4.74 Å². The molecule has 109 heavy (non-hydrogen) atoms. The number of aliphatic imine (C=N–C) groups is 1. The van der Waals surface area contributed by atoms with Gasteiger partial charge in [0.25, 0.3) is 31.9 Å². The largest absolute Gasteiger partial charge is 0.444 e. The van der Waals surface area contributed by atoms with Crippen molar-refractivity contribution < 1.29 is 81.6 Å². The number of ether oxygens (including phenoxy) is 1. The molecule has 14 atom stereocenters. The molecule has 608 valence electrons. The Bertz CT molecular complexity index is 4350. The standard InChI is InChI=1S/C35H54N6O8S2.C31H44N4O7S.C9H18N2O3S/c1-12-21-18-35(21,30(44)39-51(48,49)22-16-14-13-15-17-22)38-28(42)26-25-23(34(25,8)9)19-41(26)29(43)27(33(5,6)7)37-31(45)36-24(32(2,3)4)20-40(10)50(11,46)47;1-10-18-16-31(18,26(38)34-43(40,41)19-14-12-11-13-15-19)33-24(36)22-21-20(30(21,8)9)17-35(22)25(37)23(28(2,3)4)32-27(39)42-29(5,6)7;1-9(2,3)8(10-7-12)6-11(4)15(5,13)14/h12-17,21,23-27H,1,18-20H2,2-11H3,(H,38,42)(H,39,44)(H2,36,37,45);10-15,18,20-23H,1,16-17H2,2-9H3,(H,32,39)(H,33,36)(H,34,38);8H,6H2,1-5H3/t21?,23-,24+,25-,26-,27+,35+;18?,20-,21-,22-,23+,31+;8-/m001/s1. The second-order valence-corrected chi connectivity index (χ2v) is 43.8.